The molecule has 0 amide bonds. The summed E-state index contributed by atoms with van der Waals surface area (Å²) in [7, 11) is -2.07. The average molecular weight is 376 g/mol. The zero-order chi connectivity index (χ0) is 17.4. The number of hydrogen-bond donors (Lipinski definition) is 1. The number of fused-ring (bicyclic) bond motifs is 1. The number of benzene rings is 1. The fourth-order valence-electron chi connectivity index (χ4n) is 2.78. The number of rotatable bonds is 5. The maximum Gasteiger partial charge on any atom is 0.241 e. The molecule has 1 N–H and O–H groups in total. The van der Waals surface area contributed by atoms with Gasteiger partial charge >= 0.3 is 0 Å². The van der Waals surface area contributed by atoms with Crippen LogP contribution in [0.15, 0.2) is 46.9 Å². The lowest BCUT2D eigenvalue weighted by Crippen LogP contribution is -2.59. The molecule has 0 aliphatic carbocycles. The summed E-state index contributed by atoms with van der Waals surface area (Å²) in [6.07, 6.45) is 1.54. The van der Waals surface area contributed by atoms with Crippen LogP contribution in [0.1, 0.15) is 0 Å². The van der Waals surface area contributed by atoms with Gasteiger partial charge in [-0.25, -0.2) is 23.1 Å². The second-order valence-corrected chi connectivity index (χ2v) is 8.36. The van der Waals surface area contributed by atoms with Gasteiger partial charge in [-0.1, -0.05) is 6.07 Å². The molecule has 1 aromatic carbocycles. The summed E-state index contributed by atoms with van der Waals surface area (Å²) in [5.41, 5.74) is 0.912. The van der Waals surface area contributed by atoms with E-state index in [2.05, 4.69) is 19.6 Å². The van der Waals surface area contributed by atoms with E-state index in [0.29, 0.717) is 18.8 Å². The Kier molecular flexibility index (Phi) is 4.06. The first-order chi connectivity index (χ1) is 12.1. The molecule has 3 aromatic rings. The summed E-state index contributed by atoms with van der Waals surface area (Å²) in [6, 6.07) is 8.24. The van der Waals surface area contributed by atoms with E-state index >= 15 is 0 Å². The van der Waals surface area contributed by atoms with E-state index in [1.165, 1.54) is 19.5 Å². The van der Waals surface area contributed by atoms with Crippen LogP contribution in [0.2, 0.25) is 0 Å². The highest BCUT2D eigenvalue weighted by molar-refractivity contribution is 7.89. The molecule has 130 valence electrons. The van der Waals surface area contributed by atoms with Crippen LogP contribution in [0.4, 0.5) is 5.82 Å². The van der Waals surface area contributed by atoms with Crippen LogP contribution in [0.3, 0.4) is 0 Å². The topological polar surface area (TPSA) is 84.4 Å². The van der Waals surface area contributed by atoms with E-state index in [4.69, 9.17) is 4.74 Å². The Bertz CT molecular complexity index is 1010. The van der Waals surface area contributed by atoms with Gasteiger partial charge in [0.25, 0.3) is 0 Å². The number of methoxy groups -OCH3 is 1. The minimum Gasteiger partial charge on any atom is -0.497 e. The maximum atomic E-state index is 12.5. The van der Waals surface area contributed by atoms with E-state index in [9.17, 15) is 8.42 Å². The number of ether oxygens (including phenoxy) is 1. The predicted octanol–water partition coefficient (Wildman–Crippen LogP) is 1.87. The van der Waals surface area contributed by atoms with Gasteiger partial charge in [0, 0.05) is 19.2 Å². The summed E-state index contributed by atoms with van der Waals surface area (Å²) in [6.45, 7) is 1.15. The minimum atomic E-state index is -3.58. The molecule has 0 bridgehead atoms. The summed E-state index contributed by atoms with van der Waals surface area (Å²) in [4.78, 5) is 10.8. The van der Waals surface area contributed by atoms with Gasteiger partial charge in [-0.05, 0) is 23.6 Å². The lowest BCUT2D eigenvalue weighted by Gasteiger charge is -2.40. The van der Waals surface area contributed by atoms with E-state index in [1.54, 1.807) is 29.5 Å². The number of anilines is 1. The molecule has 0 atom stereocenters. The molecule has 1 saturated heterocycles. The molecule has 3 heterocycles. The Morgan fingerprint density at radius 3 is 2.92 bits per heavy atom. The maximum absolute atomic E-state index is 12.5. The summed E-state index contributed by atoms with van der Waals surface area (Å²) < 4.78 is 33.9. The number of nitrogens with zero attached hydrogens (tertiary/aromatic N) is 3. The van der Waals surface area contributed by atoms with Crippen molar-refractivity contribution in [3.8, 4) is 5.75 Å². The number of hydrogen-bond acceptors (Lipinski definition) is 7. The zero-order valence-corrected chi connectivity index (χ0v) is 15.0. The number of sulfonamides is 1. The highest BCUT2D eigenvalue weighted by Gasteiger charge is 2.33. The summed E-state index contributed by atoms with van der Waals surface area (Å²) in [5, 5.41) is 1.98. The molecule has 0 spiro atoms. The zero-order valence-electron chi connectivity index (χ0n) is 13.4. The van der Waals surface area contributed by atoms with Gasteiger partial charge in [-0.3, -0.25) is 0 Å². The lowest BCUT2D eigenvalue weighted by molar-refractivity contribution is 0.413. The van der Waals surface area contributed by atoms with Crippen LogP contribution in [0, 0.1) is 0 Å². The van der Waals surface area contributed by atoms with E-state index < -0.39 is 10.0 Å². The highest BCUT2D eigenvalue weighted by Crippen LogP contribution is 2.30. The van der Waals surface area contributed by atoms with Crippen molar-refractivity contribution in [1.29, 1.82) is 0 Å². The molecular weight excluding hydrogens is 360 g/mol. The van der Waals surface area contributed by atoms with E-state index in [0.717, 1.165) is 16.0 Å². The van der Waals surface area contributed by atoms with Gasteiger partial charge < -0.3 is 9.64 Å². The van der Waals surface area contributed by atoms with Crippen molar-refractivity contribution in [2.75, 3.05) is 25.1 Å². The molecule has 7 nitrogen and oxygen atoms in total. The molecular formula is C16H16N4O3S2. The van der Waals surface area contributed by atoms with Gasteiger partial charge in [-0.15, -0.1) is 11.3 Å². The molecule has 0 radical (unpaired) electrons. The number of thiophene rings is 1. The van der Waals surface area contributed by atoms with Gasteiger partial charge in [0.15, 0.2) is 0 Å². The standard InChI is InChI=1S/C16H16N4O3S2/c1-23-12-3-2-4-13(7-12)25(21,22)19-11-8-20(9-11)16-15-14(5-6-24-15)17-10-18-16/h2-7,10-11,19H,8-9H2,1H3. The third-order valence-corrected chi connectivity index (χ3v) is 6.50. The summed E-state index contributed by atoms with van der Waals surface area (Å²) >= 11 is 1.59. The van der Waals surface area contributed by atoms with Crippen LogP contribution in [-0.4, -0.2) is 44.6 Å². The molecule has 0 unspecified atom stereocenters. The van der Waals surface area contributed by atoms with Crippen molar-refractivity contribution in [2.45, 2.75) is 10.9 Å². The van der Waals surface area contributed by atoms with Gasteiger partial charge in [-0.2, -0.15) is 0 Å². The Morgan fingerprint density at radius 2 is 2.12 bits per heavy atom. The Morgan fingerprint density at radius 1 is 1.28 bits per heavy atom. The van der Waals surface area contributed by atoms with Crippen molar-refractivity contribution in [2.24, 2.45) is 0 Å². The second-order valence-electron chi connectivity index (χ2n) is 5.73. The molecule has 2 aromatic heterocycles. The molecule has 1 aliphatic rings. The minimum absolute atomic E-state index is 0.152. The van der Waals surface area contributed by atoms with Crippen molar-refractivity contribution in [1.82, 2.24) is 14.7 Å². The van der Waals surface area contributed by atoms with Crippen LogP contribution in [-0.2, 0) is 10.0 Å². The van der Waals surface area contributed by atoms with Crippen LogP contribution in [0.5, 0.6) is 5.75 Å². The van der Waals surface area contributed by atoms with Crippen molar-refractivity contribution in [3.63, 3.8) is 0 Å². The molecule has 1 aliphatic heterocycles. The first-order valence-corrected chi connectivity index (χ1v) is 10.0. The Balaban J connectivity index is 1.46. The highest BCUT2D eigenvalue weighted by atomic mass is 32.2. The first-order valence-electron chi connectivity index (χ1n) is 7.66. The molecule has 0 saturated carbocycles. The van der Waals surface area contributed by atoms with Crippen LogP contribution < -0.4 is 14.4 Å². The summed E-state index contributed by atoms with van der Waals surface area (Å²) in [5.74, 6) is 1.37. The monoisotopic (exact) mass is 376 g/mol. The smallest absolute Gasteiger partial charge is 0.241 e. The van der Waals surface area contributed by atoms with Crippen molar-refractivity contribution < 1.29 is 13.2 Å². The Labute approximate surface area is 149 Å². The Hall–Kier alpha value is -2.23. The fraction of sp³-hybridized carbons (Fsp3) is 0.250. The number of nitrogens with one attached hydrogen (secondary N) is 1. The van der Waals surface area contributed by atoms with Gasteiger partial charge in [0.1, 0.15) is 17.9 Å². The van der Waals surface area contributed by atoms with Crippen molar-refractivity contribution >= 4 is 37.4 Å². The molecule has 9 heteroatoms. The molecule has 1 fully saturated rings. The second kappa shape index (κ2) is 6.25. The third-order valence-electron chi connectivity index (χ3n) is 4.08. The largest absolute Gasteiger partial charge is 0.497 e. The SMILES string of the molecule is COc1cccc(S(=O)(=O)NC2CN(c3ncnc4ccsc34)C2)c1. The lowest BCUT2D eigenvalue weighted by atomic mass is 10.1. The van der Waals surface area contributed by atoms with Crippen molar-refractivity contribution in [3.05, 3.63) is 42.0 Å². The normalized spacial score (nSPS) is 15.3. The first kappa shape index (κ1) is 16.2. The van der Waals surface area contributed by atoms with E-state index in [-0.39, 0.29) is 10.9 Å². The van der Waals surface area contributed by atoms with Gasteiger partial charge in [0.05, 0.1) is 28.3 Å². The molecule has 4 rings (SSSR count). The van der Waals surface area contributed by atoms with Crippen LogP contribution >= 0.6 is 11.3 Å². The van der Waals surface area contributed by atoms with E-state index in [1.807, 2.05) is 11.4 Å². The fourth-order valence-corrected chi connectivity index (χ4v) is 4.90. The predicted molar refractivity (Wildman–Crippen MR) is 96.7 cm³/mol. The van der Waals surface area contributed by atoms with Crippen LogP contribution in [0.25, 0.3) is 10.2 Å². The molecule has 25 heavy (non-hydrogen) atoms. The average Bonchev–Trinajstić information content (AvgIpc) is 3.07. The number of aromatic nitrogens is 2. The third kappa shape index (κ3) is 3.06. The quantitative estimate of drug-likeness (QED) is 0.732. The van der Waals surface area contributed by atoms with Gasteiger partial charge in [0.2, 0.25) is 10.0 Å².